The van der Waals surface area contributed by atoms with Crippen LogP contribution in [0.25, 0.3) is 0 Å². The lowest BCUT2D eigenvalue weighted by Gasteiger charge is -2.11. The Labute approximate surface area is 165 Å². The second-order valence-electron chi connectivity index (χ2n) is 7.03. The Morgan fingerprint density at radius 3 is 2.14 bits per heavy atom. The number of carbonyl (C=O) groups is 2. The van der Waals surface area contributed by atoms with Crippen molar-refractivity contribution < 1.29 is 18.0 Å². The largest absolute Gasteiger partial charge is 0.280 e. The average molecular weight is 404 g/mol. The Morgan fingerprint density at radius 1 is 0.929 bits per heavy atom. The van der Waals surface area contributed by atoms with Gasteiger partial charge in [-0.25, -0.2) is 8.42 Å². The predicted molar refractivity (Wildman–Crippen MR) is 108 cm³/mol. The summed E-state index contributed by atoms with van der Waals surface area (Å²) < 4.78 is 27.5. The van der Waals surface area contributed by atoms with E-state index in [2.05, 4.69) is 15.6 Å². The molecule has 3 N–H and O–H groups in total. The number of carbonyl (C=O) groups excluding carboxylic acids is 2. The molecule has 150 valence electrons. The van der Waals surface area contributed by atoms with Crippen molar-refractivity contribution in [2.24, 2.45) is 5.92 Å². The molecular formula is C20H25N3O4S. The fourth-order valence-electron chi connectivity index (χ4n) is 2.41. The van der Waals surface area contributed by atoms with E-state index in [9.17, 15) is 18.0 Å². The van der Waals surface area contributed by atoms with E-state index in [0.717, 1.165) is 11.1 Å². The first-order valence-electron chi connectivity index (χ1n) is 8.88. The zero-order valence-electron chi connectivity index (χ0n) is 16.4. The van der Waals surface area contributed by atoms with Gasteiger partial charge in [-0.15, -0.1) is 0 Å². The summed E-state index contributed by atoms with van der Waals surface area (Å²) >= 11 is 0. The fourth-order valence-corrected chi connectivity index (χ4v) is 3.55. The van der Waals surface area contributed by atoms with Gasteiger partial charge in [-0.1, -0.05) is 19.9 Å². The van der Waals surface area contributed by atoms with Crippen molar-refractivity contribution in [1.29, 1.82) is 0 Å². The standard InChI is InChI=1S/C20H25N3O4S/c1-13(2)11-19(24)21-22-20(25)16-6-8-17(9-7-16)23-28(26,27)18-10-5-14(3)15(4)12-18/h5-10,12-13,23H,11H2,1-4H3,(H,21,24)(H,22,25). The van der Waals surface area contributed by atoms with Gasteiger partial charge < -0.3 is 0 Å². The zero-order valence-corrected chi connectivity index (χ0v) is 17.2. The number of sulfonamides is 1. The van der Waals surface area contributed by atoms with Crippen molar-refractivity contribution in [2.45, 2.75) is 39.0 Å². The first-order chi connectivity index (χ1) is 13.1. The molecule has 0 aliphatic carbocycles. The van der Waals surface area contributed by atoms with Gasteiger partial charge in [0, 0.05) is 17.7 Å². The summed E-state index contributed by atoms with van der Waals surface area (Å²) in [6.45, 7) is 7.56. The molecule has 0 heterocycles. The lowest BCUT2D eigenvalue weighted by Crippen LogP contribution is -2.41. The summed E-state index contributed by atoms with van der Waals surface area (Å²) in [6.07, 6.45) is 0.305. The Balaban J connectivity index is 2.02. The molecule has 2 aromatic carbocycles. The molecule has 0 aliphatic heterocycles. The Morgan fingerprint density at radius 2 is 1.57 bits per heavy atom. The second kappa shape index (κ2) is 8.88. The van der Waals surface area contributed by atoms with E-state index in [-0.39, 0.29) is 16.7 Å². The molecule has 0 saturated carbocycles. The molecule has 0 aliphatic rings. The molecule has 0 saturated heterocycles. The molecule has 0 spiro atoms. The highest BCUT2D eigenvalue weighted by molar-refractivity contribution is 7.92. The number of nitrogens with one attached hydrogen (secondary N) is 3. The molecule has 28 heavy (non-hydrogen) atoms. The smallest absolute Gasteiger partial charge is 0.269 e. The van der Waals surface area contributed by atoms with Crippen LogP contribution < -0.4 is 15.6 Å². The molecular weight excluding hydrogens is 378 g/mol. The van der Waals surface area contributed by atoms with Gasteiger partial charge >= 0.3 is 0 Å². The SMILES string of the molecule is Cc1ccc(S(=O)(=O)Nc2ccc(C(=O)NNC(=O)CC(C)C)cc2)cc1C. The topological polar surface area (TPSA) is 104 Å². The minimum atomic E-state index is -3.73. The highest BCUT2D eigenvalue weighted by Crippen LogP contribution is 2.19. The van der Waals surface area contributed by atoms with Gasteiger partial charge in [-0.2, -0.15) is 0 Å². The van der Waals surface area contributed by atoms with Crippen LogP contribution in [0.1, 0.15) is 41.8 Å². The molecule has 2 aromatic rings. The van der Waals surface area contributed by atoms with Crippen LogP contribution in [0, 0.1) is 19.8 Å². The van der Waals surface area contributed by atoms with E-state index in [1.165, 1.54) is 24.3 Å². The maximum absolute atomic E-state index is 12.5. The highest BCUT2D eigenvalue weighted by atomic mass is 32.2. The third kappa shape index (κ3) is 5.82. The summed E-state index contributed by atoms with van der Waals surface area (Å²) in [4.78, 5) is 23.8. The van der Waals surface area contributed by atoms with Crippen LogP contribution in [0.3, 0.4) is 0 Å². The van der Waals surface area contributed by atoms with Crippen molar-refractivity contribution in [3.8, 4) is 0 Å². The van der Waals surface area contributed by atoms with E-state index in [1.807, 2.05) is 27.7 Å². The summed E-state index contributed by atoms with van der Waals surface area (Å²) in [5, 5.41) is 0. The van der Waals surface area contributed by atoms with Gasteiger partial charge in [-0.05, 0) is 67.3 Å². The zero-order chi connectivity index (χ0) is 20.9. The average Bonchev–Trinajstić information content (AvgIpc) is 2.61. The van der Waals surface area contributed by atoms with Crippen LogP contribution in [0.5, 0.6) is 0 Å². The second-order valence-corrected chi connectivity index (χ2v) is 8.71. The number of amides is 2. The molecule has 2 amide bonds. The number of rotatable bonds is 6. The van der Waals surface area contributed by atoms with E-state index in [0.29, 0.717) is 17.7 Å². The van der Waals surface area contributed by atoms with Crippen molar-refractivity contribution >= 4 is 27.5 Å². The predicted octanol–water partition coefficient (Wildman–Crippen LogP) is 2.91. The Bertz CT molecular complexity index is 967. The lowest BCUT2D eigenvalue weighted by atomic mass is 10.1. The van der Waals surface area contributed by atoms with Crippen LogP contribution in [-0.2, 0) is 14.8 Å². The van der Waals surface area contributed by atoms with Crippen LogP contribution in [0.15, 0.2) is 47.4 Å². The summed E-state index contributed by atoms with van der Waals surface area (Å²) in [7, 11) is -3.73. The van der Waals surface area contributed by atoms with E-state index < -0.39 is 15.9 Å². The van der Waals surface area contributed by atoms with Gasteiger partial charge in [0.25, 0.3) is 15.9 Å². The first kappa shape index (κ1) is 21.4. The van der Waals surface area contributed by atoms with E-state index >= 15 is 0 Å². The van der Waals surface area contributed by atoms with E-state index in [1.54, 1.807) is 18.2 Å². The normalized spacial score (nSPS) is 11.2. The minimum absolute atomic E-state index is 0.172. The molecule has 7 nitrogen and oxygen atoms in total. The van der Waals surface area contributed by atoms with Crippen molar-refractivity contribution in [2.75, 3.05) is 4.72 Å². The van der Waals surface area contributed by atoms with Gasteiger partial charge in [0.15, 0.2) is 0 Å². The van der Waals surface area contributed by atoms with E-state index in [4.69, 9.17) is 0 Å². The Kier molecular flexibility index (Phi) is 6.80. The molecule has 8 heteroatoms. The van der Waals surface area contributed by atoms with Crippen LogP contribution in [0.2, 0.25) is 0 Å². The summed E-state index contributed by atoms with van der Waals surface area (Å²) in [5.41, 5.74) is 7.19. The van der Waals surface area contributed by atoms with Crippen molar-refractivity contribution in [1.82, 2.24) is 10.9 Å². The third-order valence-corrected chi connectivity index (χ3v) is 5.48. The Hall–Kier alpha value is -2.87. The molecule has 0 bridgehead atoms. The number of hydrogen-bond acceptors (Lipinski definition) is 4. The van der Waals surface area contributed by atoms with Crippen molar-refractivity contribution in [3.63, 3.8) is 0 Å². The number of hydrogen-bond donors (Lipinski definition) is 3. The maximum Gasteiger partial charge on any atom is 0.269 e. The molecule has 0 atom stereocenters. The van der Waals surface area contributed by atoms with Crippen LogP contribution in [0.4, 0.5) is 5.69 Å². The summed E-state index contributed by atoms with van der Waals surface area (Å²) in [5.74, 6) is -0.580. The minimum Gasteiger partial charge on any atom is -0.280 e. The highest BCUT2D eigenvalue weighted by Gasteiger charge is 2.15. The number of benzene rings is 2. The quantitative estimate of drug-likeness (QED) is 0.645. The third-order valence-electron chi connectivity index (χ3n) is 4.10. The number of aryl methyl sites for hydroxylation is 2. The molecule has 2 rings (SSSR count). The molecule has 0 unspecified atom stereocenters. The molecule has 0 radical (unpaired) electrons. The van der Waals surface area contributed by atoms with Crippen molar-refractivity contribution in [3.05, 3.63) is 59.2 Å². The van der Waals surface area contributed by atoms with Crippen LogP contribution in [-0.4, -0.2) is 20.2 Å². The fraction of sp³-hybridized carbons (Fsp3) is 0.300. The maximum atomic E-state index is 12.5. The monoisotopic (exact) mass is 403 g/mol. The summed E-state index contributed by atoms with van der Waals surface area (Å²) in [6, 6.07) is 10.8. The first-order valence-corrected chi connectivity index (χ1v) is 10.4. The van der Waals surface area contributed by atoms with Gasteiger partial charge in [0.05, 0.1) is 4.90 Å². The lowest BCUT2D eigenvalue weighted by molar-refractivity contribution is -0.122. The van der Waals surface area contributed by atoms with Gasteiger partial charge in [-0.3, -0.25) is 25.2 Å². The number of anilines is 1. The van der Waals surface area contributed by atoms with Gasteiger partial charge in [0.1, 0.15) is 0 Å². The number of hydrazine groups is 1. The molecule has 0 aromatic heterocycles. The van der Waals surface area contributed by atoms with Gasteiger partial charge in [0.2, 0.25) is 5.91 Å². The van der Waals surface area contributed by atoms with Crippen LogP contribution >= 0.6 is 0 Å². The molecule has 0 fully saturated rings.